The van der Waals surface area contributed by atoms with Crippen molar-refractivity contribution in [2.45, 2.75) is 6.92 Å². The first kappa shape index (κ1) is 14.0. The third-order valence-electron chi connectivity index (χ3n) is 2.45. The number of hydrogen-bond acceptors (Lipinski definition) is 2. The molecule has 2 rings (SSSR count). The summed E-state index contributed by atoms with van der Waals surface area (Å²) >= 11 is 4.88. The lowest BCUT2D eigenvalue weighted by molar-refractivity contribution is -0.111. The van der Waals surface area contributed by atoms with E-state index in [9.17, 15) is 9.18 Å². The van der Waals surface area contributed by atoms with E-state index in [4.69, 9.17) is 0 Å². The maximum atomic E-state index is 13.1. The predicted molar refractivity (Wildman–Crippen MR) is 80.8 cm³/mol. The van der Waals surface area contributed by atoms with Gasteiger partial charge in [0.1, 0.15) is 5.82 Å². The number of thiophene rings is 1. The number of aryl methyl sites for hydroxylation is 1. The molecule has 0 fully saturated rings. The topological polar surface area (TPSA) is 29.1 Å². The number of halogens is 2. The van der Waals surface area contributed by atoms with Gasteiger partial charge in [0.15, 0.2) is 0 Å². The van der Waals surface area contributed by atoms with Gasteiger partial charge in [0.2, 0.25) is 5.91 Å². The molecule has 2 aromatic rings. The van der Waals surface area contributed by atoms with Crippen molar-refractivity contribution in [2.75, 3.05) is 5.32 Å². The highest BCUT2D eigenvalue weighted by molar-refractivity contribution is 9.11. The maximum Gasteiger partial charge on any atom is 0.248 e. The zero-order chi connectivity index (χ0) is 13.8. The molecule has 0 aliphatic heterocycles. The number of carbonyl (C=O) groups excluding carboxylic acids is 1. The fraction of sp³-hybridized carbons (Fsp3) is 0.0714. The third kappa shape index (κ3) is 4.01. The minimum absolute atomic E-state index is 0.279. The number of carbonyl (C=O) groups is 1. The molecule has 1 heterocycles. The van der Waals surface area contributed by atoms with Crippen molar-refractivity contribution in [3.63, 3.8) is 0 Å². The molecule has 19 heavy (non-hydrogen) atoms. The number of benzene rings is 1. The second-order valence-corrected chi connectivity index (χ2v) is 6.42. The van der Waals surface area contributed by atoms with Crippen molar-refractivity contribution >= 4 is 44.9 Å². The fourth-order valence-electron chi connectivity index (χ4n) is 1.48. The highest BCUT2D eigenvalue weighted by atomic mass is 79.9. The second-order valence-electron chi connectivity index (χ2n) is 3.92. The largest absolute Gasteiger partial charge is 0.322 e. The number of anilines is 1. The van der Waals surface area contributed by atoms with E-state index in [2.05, 4.69) is 21.2 Å². The molecule has 0 aliphatic carbocycles. The van der Waals surface area contributed by atoms with Gasteiger partial charge in [0.25, 0.3) is 0 Å². The lowest BCUT2D eigenvalue weighted by Gasteiger charge is -2.05. The number of amides is 1. The number of nitrogens with one attached hydrogen (secondary N) is 1. The Bertz CT molecular complexity index is 636. The molecule has 0 unspecified atom stereocenters. The van der Waals surface area contributed by atoms with Crippen LogP contribution in [0.15, 0.2) is 40.2 Å². The Morgan fingerprint density at radius 3 is 2.84 bits per heavy atom. The van der Waals surface area contributed by atoms with Gasteiger partial charge in [-0.1, -0.05) is 6.07 Å². The average molecular weight is 340 g/mol. The molecule has 5 heteroatoms. The summed E-state index contributed by atoms with van der Waals surface area (Å²) in [6.45, 7) is 1.81. The van der Waals surface area contributed by atoms with Gasteiger partial charge in [-0.05, 0) is 58.8 Å². The van der Waals surface area contributed by atoms with Crippen molar-refractivity contribution in [1.29, 1.82) is 0 Å². The Morgan fingerprint density at radius 1 is 1.37 bits per heavy atom. The predicted octanol–water partition coefficient (Wildman–Crippen LogP) is 4.61. The van der Waals surface area contributed by atoms with Crippen LogP contribution >= 0.6 is 27.3 Å². The van der Waals surface area contributed by atoms with E-state index in [-0.39, 0.29) is 11.7 Å². The summed E-state index contributed by atoms with van der Waals surface area (Å²) in [4.78, 5) is 12.7. The summed E-state index contributed by atoms with van der Waals surface area (Å²) in [6.07, 6.45) is 3.15. The zero-order valence-electron chi connectivity index (χ0n) is 10.1. The van der Waals surface area contributed by atoms with Crippen LogP contribution in [-0.2, 0) is 4.79 Å². The van der Waals surface area contributed by atoms with E-state index in [1.54, 1.807) is 12.1 Å². The molecule has 0 bridgehead atoms. The summed E-state index contributed by atoms with van der Waals surface area (Å²) in [6, 6.07) is 8.13. The van der Waals surface area contributed by atoms with Gasteiger partial charge >= 0.3 is 0 Å². The molecule has 0 spiro atoms. The van der Waals surface area contributed by atoms with Gasteiger partial charge in [-0.25, -0.2) is 4.39 Å². The maximum absolute atomic E-state index is 13.1. The Hall–Kier alpha value is -1.46. The quantitative estimate of drug-likeness (QED) is 0.813. The van der Waals surface area contributed by atoms with Gasteiger partial charge in [-0.3, -0.25) is 4.79 Å². The van der Waals surface area contributed by atoms with Gasteiger partial charge in [-0.15, -0.1) is 11.3 Å². The molecule has 1 N–H and O–H groups in total. The summed E-state index contributed by atoms with van der Waals surface area (Å²) in [7, 11) is 0. The monoisotopic (exact) mass is 339 g/mol. The SMILES string of the molecule is Cc1ccc(F)cc1NC(=O)/C=C/c1ccc(Br)s1. The normalized spacial score (nSPS) is 10.9. The highest BCUT2D eigenvalue weighted by Gasteiger charge is 2.03. The van der Waals surface area contributed by atoms with Crippen molar-refractivity contribution < 1.29 is 9.18 Å². The van der Waals surface area contributed by atoms with Crippen LogP contribution in [0.1, 0.15) is 10.4 Å². The first-order valence-electron chi connectivity index (χ1n) is 5.55. The Labute approximate surface area is 123 Å². The van der Waals surface area contributed by atoms with Crippen molar-refractivity contribution in [1.82, 2.24) is 0 Å². The van der Waals surface area contributed by atoms with Gasteiger partial charge in [0.05, 0.1) is 3.79 Å². The lowest BCUT2D eigenvalue weighted by Crippen LogP contribution is -2.09. The van der Waals surface area contributed by atoms with Gasteiger partial charge < -0.3 is 5.32 Å². The Balaban J connectivity index is 2.05. The van der Waals surface area contributed by atoms with Crippen LogP contribution < -0.4 is 5.32 Å². The summed E-state index contributed by atoms with van der Waals surface area (Å²) < 4.78 is 14.1. The number of rotatable bonds is 3. The molecule has 1 amide bonds. The third-order valence-corrected chi connectivity index (χ3v) is 4.04. The molecule has 0 radical (unpaired) electrons. The van der Waals surface area contributed by atoms with Gasteiger partial charge in [0, 0.05) is 16.6 Å². The van der Waals surface area contributed by atoms with Crippen LogP contribution in [0, 0.1) is 12.7 Å². The molecule has 1 aromatic carbocycles. The van der Waals surface area contributed by atoms with E-state index in [0.29, 0.717) is 5.69 Å². The van der Waals surface area contributed by atoms with Crippen LogP contribution in [0.5, 0.6) is 0 Å². The minimum Gasteiger partial charge on any atom is -0.322 e. The Morgan fingerprint density at radius 2 is 2.16 bits per heavy atom. The van der Waals surface area contributed by atoms with Crippen LogP contribution in [0.3, 0.4) is 0 Å². The minimum atomic E-state index is -0.368. The zero-order valence-corrected chi connectivity index (χ0v) is 12.5. The van der Waals surface area contributed by atoms with Crippen LogP contribution in [0.2, 0.25) is 0 Å². The van der Waals surface area contributed by atoms with Crippen LogP contribution in [0.4, 0.5) is 10.1 Å². The van der Waals surface area contributed by atoms with E-state index < -0.39 is 0 Å². The molecular formula is C14H11BrFNOS. The molecule has 0 aliphatic rings. The molecule has 98 valence electrons. The van der Waals surface area contributed by atoms with Crippen molar-refractivity contribution in [3.8, 4) is 0 Å². The molecule has 1 aromatic heterocycles. The van der Waals surface area contributed by atoms with Crippen LogP contribution in [-0.4, -0.2) is 5.91 Å². The number of hydrogen-bond donors (Lipinski definition) is 1. The molecule has 0 saturated heterocycles. The molecule has 0 saturated carbocycles. The average Bonchev–Trinajstić information content (AvgIpc) is 2.77. The summed E-state index contributed by atoms with van der Waals surface area (Å²) in [5, 5.41) is 2.66. The van der Waals surface area contributed by atoms with Crippen molar-refractivity contribution in [2.24, 2.45) is 0 Å². The standard InChI is InChI=1S/C14H11BrFNOS/c1-9-2-3-10(16)8-12(9)17-14(18)7-5-11-4-6-13(15)19-11/h2-8H,1H3,(H,17,18)/b7-5+. The smallest absolute Gasteiger partial charge is 0.248 e. The highest BCUT2D eigenvalue weighted by Crippen LogP contribution is 2.23. The first-order valence-corrected chi connectivity index (χ1v) is 7.16. The lowest BCUT2D eigenvalue weighted by atomic mass is 10.2. The second kappa shape index (κ2) is 6.12. The van der Waals surface area contributed by atoms with Crippen molar-refractivity contribution in [3.05, 3.63) is 56.5 Å². The summed E-state index contributed by atoms with van der Waals surface area (Å²) in [5.74, 6) is -0.648. The molecule has 0 atom stereocenters. The van der Waals surface area contributed by atoms with Gasteiger partial charge in [-0.2, -0.15) is 0 Å². The molecule has 2 nitrogen and oxygen atoms in total. The molecular weight excluding hydrogens is 329 g/mol. The van der Waals surface area contributed by atoms with E-state index in [1.165, 1.54) is 29.5 Å². The Kier molecular flexibility index (Phi) is 4.50. The van der Waals surface area contributed by atoms with Crippen LogP contribution in [0.25, 0.3) is 6.08 Å². The van der Waals surface area contributed by atoms with E-state index >= 15 is 0 Å². The first-order chi connectivity index (χ1) is 9.04. The van der Waals surface area contributed by atoms with E-state index in [0.717, 1.165) is 14.2 Å². The fourth-order valence-corrected chi connectivity index (χ4v) is 2.81. The summed E-state index contributed by atoms with van der Waals surface area (Å²) in [5.41, 5.74) is 1.31. The van der Waals surface area contributed by atoms with E-state index in [1.807, 2.05) is 19.1 Å².